The molecule has 66 valence electrons. The third-order valence-electron chi connectivity index (χ3n) is 1.76. The molecule has 0 aliphatic carbocycles. The van der Waals surface area contributed by atoms with Crippen molar-refractivity contribution in [2.24, 2.45) is 0 Å². The number of hydrogen-bond acceptors (Lipinski definition) is 4. The fraction of sp³-hybridized carbons (Fsp3) is 1.00. The molecule has 0 aromatic heterocycles. The molecule has 0 amide bonds. The van der Waals surface area contributed by atoms with Crippen molar-refractivity contribution in [1.29, 1.82) is 0 Å². The van der Waals surface area contributed by atoms with Crippen molar-refractivity contribution in [3.05, 3.63) is 0 Å². The first-order valence-electron chi connectivity index (χ1n) is 3.43. The molecule has 5 heteroatoms. The molecule has 0 radical (unpaired) electrons. The molecule has 0 aromatic rings. The zero-order chi connectivity index (χ0) is 8.43. The van der Waals surface area contributed by atoms with Crippen molar-refractivity contribution < 1.29 is 20.4 Å². The predicted molar refractivity (Wildman–Crippen MR) is 39.4 cm³/mol. The molecule has 0 bridgehead atoms. The molecular weight excluding hydrogens is 215 g/mol. The molecule has 4 N–H and O–H groups in total. The van der Waals surface area contributed by atoms with Crippen LogP contribution in [-0.4, -0.2) is 60.3 Å². The van der Waals surface area contributed by atoms with Crippen molar-refractivity contribution in [2.45, 2.75) is 28.4 Å². The van der Waals surface area contributed by atoms with E-state index in [1.54, 1.807) is 0 Å². The van der Waals surface area contributed by atoms with Crippen LogP contribution in [0, 0.1) is 0 Å². The third kappa shape index (κ3) is 1.93. The Balaban J connectivity index is 2.47. The Bertz CT molecular complexity index is 132. The predicted octanol–water partition coefficient (Wildman–Crippen LogP) is -2.01. The summed E-state index contributed by atoms with van der Waals surface area (Å²) >= 11 is 0.0426. The Hall–Kier alpha value is 0.359. The maximum absolute atomic E-state index is 9.25. The minimum atomic E-state index is -0.873. The van der Waals surface area contributed by atoms with Crippen LogP contribution in [0.15, 0.2) is 0 Å². The Morgan fingerprint density at radius 3 is 2.45 bits per heavy atom. The fourth-order valence-electron chi connectivity index (χ4n) is 1.07. The summed E-state index contributed by atoms with van der Waals surface area (Å²) in [6.45, 7) is -0.337. The number of rotatable bonds is 2. The van der Waals surface area contributed by atoms with Crippen LogP contribution in [0.4, 0.5) is 0 Å². The van der Waals surface area contributed by atoms with Crippen LogP contribution in [0.3, 0.4) is 0 Å². The summed E-state index contributed by atoms with van der Waals surface area (Å²) in [4.78, 5) is -0.303. The van der Waals surface area contributed by atoms with Gasteiger partial charge in [0.1, 0.15) is 0 Å². The Kier molecular flexibility index (Phi) is 3.30. The average Bonchev–Trinajstić information content (AvgIpc) is 2.32. The van der Waals surface area contributed by atoms with E-state index < -0.39 is 18.3 Å². The van der Waals surface area contributed by atoms with Crippen LogP contribution < -0.4 is 0 Å². The van der Waals surface area contributed by atoms with Crippen LogP contribution in [0.25, 0.3) is 0 Å². The third-order valence-corrected chi connectivity index (χ3v) is 4.93. The second-order valence-corrected chi connectivity index (χ2v) is 5.15. The summed E-state index contributed by atoms with van der Waals surface area (Å²) in [5.74, 6) is 0. The van der Waals surface area contributed by atoms with Gasteiger partial charge in [-0.2, -0.15) is 0 Å². The van der Waals surface area contributed by atoms with E-state index in [1.807, 2.05) is 0 Å². The quantitative estimate of drug-likeness (QED) is 0.411. The van der Waals surface area contributed by atoms with Crippen molar-refractivity contribution >= 4 is 15.0 Å². The van der Waals surface area contributed by atoms with Gasteiger partial charge in [0, 0.05) is 0 Å². The molecule has 1 aliphatic rings. The molecule has 4 nitrogen and oxygen atoms in total. The van der Waals surface area contributed by atoms with Gasteiger partial charge in [-0.3, -0.25) is 0 Å². The van der Waals surface area contributed by atoms with Crippen LogP contribution in [-0.2, 0) is 0 Å². The maximum atomic E-state index is 9.25. The van der Waals surface area contributed by atoms with Gasteiger partial charge in [-0.1, -0.05) is 0 Å². The van der Waals surface area contributed by atoms with Gasteiger partial charge in [0.05, 0.1) is 0 Å². The first-order chi connectivity index (χ1) is 5.16. The second kappa shape index (κ2) is 3.85. The van der Waals surface area contributed by atoms with Crippen molar-refractivity contribution in [1.82, 2.24) is 0 Å². The molecule has 1 aliphatic heterocycles. The van der Waals surface area contributed by atoms with Gasteiger partial charge in [0.2, 0.25) is 0 Å². The molecule has 4 atom stereocenters. The molecule has 1 heterocycles. The van der Waals surface area contributed by atoms with E-state index in [0.29, 0.717) is 5.32 Å². The second-order valence-electron chi connectivity index (χ2n) is 2.61. The molecule has 0 saturated carbocycles. The Morgan fingerprint density at radius 1 is 1.45 bits per heavy atom. The summed E-state index contributed by atoms with van der Waals surface area (Å²) < 4.78 is 0. The number of hydrogen-bond donors (Lipinski definition) is 4. The summed E-state index contributed by atoms with van der Waals surface area (Å²) in [7, 11) is 0. The zero-order valence-corrected chi connectivity index (χ0v) is 7.63. The Morgan fingerprint density at radius 2 is 2.09 bits per heavy atom. The van der Waals surface area contributed by atoms with Gasteiger partial charge in [-0.15, -0.1) is 0 Å². The zero-order valence-electron chi connectivity index (χ0n) is 5.92. The molecule has 0 spiro atoms. The SMILES string of the molecule is OC[C@H](O)[C@H]1[Se]C[C@@H](O)[C@H]1O. The van der Waals surface area contributed by atoms with E-state index in [2.05, 4.69) is 0 Å². The van der Waals surface area contributed by atoms with Crippen molar-refractivity contribution in [3.8, 4) is 0 Å². The average molecular weight is 227 g/mol. The van der Waals surface area contributed by atoms with Crippen molar-refractivity contribution in [3.63, 3.8) is 0 Å². The van der Waals surface area contributed by atoms with Gasteiger partial charge in [-0.05, 0) is 0 Å². The van der Waals surface area contributed by atoms with E-state index in [1.165, 1.54) is 0 Å². The van der Waals surface area contributed by atoms with Crippen LogP contribution in [0.2, 0.25) is 10.1 Å². The summed E-state index contributed by atoms with van der Waals surface area (Å²) in [5.41, 5.74) is 0. The van der Waals surface area contributed by atoms with Crippen LogP contribution in [0.5, 0.6) is 0 Å². The van der Waals surface area contributed by atoms with E-state index in [9.17, 15) is 5.11 Å². The van der Waals surface area contributed by atoms with E-state index >= 15 is 0 Å². The molecule has 0 unspecified atom stereocenters. The van der Waals surface area contributed by atoms with Gasteiger partial charge in [-0.25, -0.2) is 0 Å². The molecule has 1 rings (SSSR count). The molecule has 11 heavy (non-hydrogen) atoms. The van der Waals surface area contributed by atoms with Gasteiger partial charge in [0.25, 0.3) is 0 Å². The fourth-order valence-corrected chi connectivity index (χ4v) is 3.80. The van der Waals surface area contributed by atoms with E-state index in [-0.39, 0.29) is 26.4 Å². The first kappa shape index (κ1) is 9.45. The van der Waals surface area contributed by atoms with Gasteiger partial charge >= 0.3 is 70.4 Å². The number of aliphatic hydroxyl groups excluding tert-OH is 4. The van der Waals surface area contributed by atoms with Gasteiger partial charge in [0.15, 0.2) is 0 Å². The summed E-state index contributed by atoms with van der Waals surface area (Å²) in [6.07, 6.45) is -2.43. The van der Waals surface area contributed by atoms with Crippen LogP contribution in [0.1, 0.15) is 0 Å². The van der Waals surface area contributed by atoms with Crippen molar-refractivity contribution in [2.75, 3.05) is 6.61 Å². The normalized spacial score (nSPS) is 40.9. The summed E-state index contributed by atoms with van der Waals surface area (Å²) in [5, 5.41) is 36.6. The van der Waals surface area contributed by atoms with E-state index in [4.69, 9.17) is 15.3 Å². The van der Waals surface area contributed by atoms with Crippen LogP contribution >= 0.6 is 0 Å². The monoisotopic (exact) mass is 228 g/mol. The van der Waals surface area contributed by atoms with Gasteiger partial charge < -0.3 is 0 Å². The topological polar surface area (TPSA) is 80.9 Å². The molecule has 1 saturated heterocycles. The molecule has 0 aromatic carbocycles. The number of aliphatic hydroxyl groups is 4. The Labute approximate surface area is 71.0 Å². The molecule has 1 fully saturated rings. The first-order valence-corrected chi connectivity index (χ1v) is 5.63. The minimum absolute atomic E-state index is 0.0426. The molecular formula is C6H12O4Se. The summed E-state index contributed by atoms with van der Waals surface area (Å²) in [6, 6.07) is 0. The van der Waals surface area contributed by atoms with E-state index in [0.717, 1.165) is 0 Å². The standard InChI is InChI=1S/C6H12O4Se/c7-1-3(8)6-5(10)4(9)2-11-6/h3-10H,1-2H2/t3-,4+,5+,6+/m0/s1.